The molecule has 0 saturated carbocycles. The van der Waals surface area contributed by atoms with Crippen molar-refractivity contribution < 1.29 is 9.53 Å². The Bertz CT molecular complexity index is 1020. The molecule has 1 fully saturated rings. The third-order valence-corrected chi connectivity index (χ3v) is 5.76. The lowest BCUT2D eigenvalue weighted by Gasteiger charge is -2.32. The lowest BCUT2D eigenvalue weighted by atomic mass is 9.93. The number of amides is 1. The first kappa shape index (κ1) is 21.1. The highest BCUT2D eigenvalue weighted by Crippen LogP contribution is 2.29. The number of hydrogen-bond acceptors (Lipinski definition) is 4. The maximum Gasteiger partial charge on any atom is 0.221 e. The van der Waals surface area contributed by atoms with Gasteiger partial charge in [0, 0.05) is 42.9 Å². The minimum Gasteiger partial charge on any atom is -0.497 e. The zero-order valence-corrected chi connectivity index (χ0v) is 18.2. The van der Waals surface area contributed by atoms with Crippen LogP contribution >= 0.6 is 0 Å². The molecule has 5 nitrogen and oxygen atoms in total. The van der Waals surface area contributed by atoms with Gasteiger partial charge < -0.3 is 10.1 Å². The smallest absolute Gasteiger partial charge is 0.221 e. The molecule has 0 unspecified atom stereocenters. The van der Waals surface area contributed by atoms with E-state index in [1.165, 1.54) is 24.6 Å². The van der Waals surface area contributed by atoms with Crippen LogP contribution in [-0.2, 0) is 11.3 Å². The van der Waals surface area contributed by atoms with Crippen molar-refractivity contribution in [2.24, 2.45) is 0 Å². The number of carbonyl (C=O) groups excluding carboxylic acids is 1. The van der Waals surface area contributed by atoms with Gasteiger partial charge in [-0.2, -0.15) is 0 Å². The molecule has 31 heavy (non-hydrogen) atoms. The molecule has 1 aromatic heterocycles. The molecule has 160 valence electrons. The second-order valence-electron chi connectivity index (χ2n) is 8.13. The molecule has 0 aliphatic carbocycles. The van der Waals surface area contributed by atoms with E-state index in [9.17, 15) is 4.79 Å². The summed E-state index contributed by atoms with van der Waals surface area (Å²) in [5.41, 5.74) is 5.38. The van der Waals surface area contributed by atoms with Gasteiger partial charge in [-0.15, -0.1) is 0 Å². The van der Waals surface area contributed by atoms with Crippen molar-refractivity contribution in [3.63, 3.8) is 0 Å². The van der Waals surface area contributed by atoms with Crippen LogP contribution in [0.5, 0.6) is 5.75 Å². The van der Waals surface area contributed by atoms with Crippen molar-refractivity contribution >= 4 is 11.6 Å². The fourth-order valence-electron chi connectivity index (χ4n) is 4.20. The summed E-state index contributed by atoms with van der Waals surface area (Å²) in [6, 6.07) is 22.5. The average molecular weight is 416 g/mol. The van der Waals surface area contributed by atoms with Gasteiger partial charge >= 0.3 is 0 Å². The highest BCUT2D eigenvalue weighted by atomic mass is 16.5. The molecule has 1 amide bonds. The number of nitrogens with zero attached hydrogens (tertiary/aromatic N) is 2. The van der Waals surface area contributed by atoms with Gasteiger partial charge in [-0.25, -0.2) is 0 Å². The third kappa shape index (κ3) is 5.50. The Morgan fingerprint density at radius 3 is 2.58 bits per heavy atom. The number of benzene rings is 2. The second kappa shape index (κ2) is 9.75. The van der Waals surface area contributed by atoms with E-state index in [4.69, 9.17) is 9.72 Å². The molecule has 1 atom stereocenters. The highest BCUT2D eigenvalue weighted by molar-refractivity contribution is 5.88. The molecule has 2 aromatic carbocycles. The normalized spacial score (nSPS) is 16.6. The topological polar surface area (TPSA) is 54.5 Å². The number of pyridine rings is 1. The number of nitrogens with one attached hydrogen (secondary N) is 1. The summed E-state index contributed by atoms with van der Waals surface area (Å²) in [4.78, 5) is 18.7. The summed E-state index contributed by atoms with van der Waals surface area (Å²) < 4.78 is 5.26. The Balaban J connectivity index is 1.43. The van der Waals surface area contributed by atoms with Crippen molar-refractivity contribution in [1.29, 1.82) is 0 Å². The van der Waals surface area contributed by atoms with E-state index in [1.807, 2.05) is 24.3 Å². The zero-order valence-electron chi connectivity index (χ0n) is 18.2. The monoisotopic (exact) mass is 415 g/mol. The molecule has 4 rings (SSSR count). The molecule has 3 aromatic rings. The van der Waals surface area contributed by atoms with E-state index >= 15 is 0 Å². The van der Waals surface area contributed by atoms with Gasteiger partial charge in [-0.1, -0.05) is 18.2 Å². The molecular formula is C26H29N3O2. The predicted octanol–water partition coefficient (Wildman–Crippen LogP) is 5.10. The van der Waals surface area contributed by atoms with Gasteiger partial charge in [0.25, 0.3) is 0 Å². The van der Waals surface area contributed by atoms with Crippen LogP contribution in [0.15, 0.2) is 66.7 Å². The van der Waals surface area contributed by atoms with Crippen molar-refractivity contribution in [3.8, 4) is 17.0 Å². The predicted molar refractivity (Wildman–Crippen MR) is 124 cm³/mol. The Labute approximate surface area is 184 Å². The maximum absolute atomic E-state index is 11.2. The average Bonchev–Trinajstić information content (AvgIpc) is 2.80. The number of hydrogen-bond donors (Lipinski definition) is 1. The summed E-state index contributed by atoms with van der Waals surface area (Å²) in [6.45, 7) is 4.54. The molecular weight excluding hydrogens is 386 g/mol. The summed E-state index contributed by atoms with van der Waals surface area (Å²) in [5, 5.41) is 2.82. The molecule has 1 saturated heterocycles. The van der Waals surface area contributed by atoms with Crippen LogP contribution in [-0.4, -0.2) is 36.0 Å². The molecule has 1 aliphatic heterocycles. The van der Waals surface area contributed by atoms with Crippen LogP contribution in [0.4, 0.5) is 5.69 Å². The van der Waals surface area contributed by atoms with Crippen LogP contribution in [0, 0.1) is 0 Å². The number of likely N-dealkylation sites (tertiary alicyclic amines) is 1. The fraction of sp³-hybridized carbons (Fsp3) is 0.308. The minimum absolute atomic E-state index is 0.0454. The number of aromatic nitrogens is 1. The number of methoxy groups -OCH3 is 1. The zero-order chi connectivity index (χ0) is 21.6. The van der Waals surface area contributed by atoms with Crippen molar-refractivity contribution in [1.82, 2.24) is 9.88 Å². The van der Waals surface area contributed by atoms with E-state index in [0.717, 1.165) is 48.7 Å². The number of piperidine rings is 1. The van der Waals surface area contributed by atoms with Crippen LogP contribution in [0.1, 0.15) is 36.9 Å². The number of ether oxygens (including phenoxy) is 1. The minimum atomic E-state index is -0.0454. The molecule has 5 heteroatoms. The fourth-order valence-corrected chi connectivity index (χ4v) is 4.20. The lowest BCUT2D eigenvalue weighted by molar-refractivity contribution is -0.114. The molecule has 1 aliphatic rings. The number of anilines is 1. The standard InChI is InChI=1S/C26H29N3O2/c1-19(30)27-23-12-8-20(9-13-23)17-29-16-4-5-22(18-29)26-7-3-6-25(28-26)21-10-14-24(31-2)15-11-21/h3,6-15,22H,4-5,16-18H2,1-2H3,(H,27,30)/t22-/m1/s1. The Hall–Kier alpha value is -3.18. The second-order valence-corrected chi connectivity index (χ2v) is 8.13. The van der Waals surface area contributed by atoms with Gasteiger partial charge in [-0.05, 0) is 73.5 Å². The third-order valence-electron chi connectivity index (χ3n) is 5.76. The highest BCUT2D eigenvalue weighted by Gasteiger charge is 2.22. The van der Waals surface area contributed by atoms with Gasteiger partial charge in [0.05, 0.1) is 12.8 Å². The van der Waals surface area contributed by atoms with E-state index in [1.54, 1.807) is 7.11 Å². The van der Waals surface area contributed by atoms with Gasteiger partial charge in [0.15, 0.2) is 0 Å². The Morgan fingerprint density at radius 1 is 1.10 bits per heavy atom. The van der Waals surface area contributed by atoms with Crippen LogP contribution in [0.3, 0.4) is 0 Å². The van der Waals surface area contributed by atoms with Gasteiger partial charge in [0.2, 0.25) is 5.91 Å². The van der Waals surface area contributed by atoms with E-state index in [2.05, 4.69) is 52.7 Å². The summed E-state index contributed by atoms with van der Waals surface area (Å²) in [5.74, 6) is 1.24. The largest absolute Gasteiger partial charge is 0.497 e. The van der Waals surface area contributed by atoms with Crippen LogP contribution in [0.2, 0.25) is 0 Å². The Morgan fingerprint density at radius 2 is 1.87 bits per heavy atom. The molecule has 0 spiro atoms. The Kier molecular flexibility index (Phi) is 6.63. The van der Waals surface area contributed by atoms with E-state index in [-0.39, 0.29) is 5.91 Å². The van der Waals surface area contributed by atoms with Crippen LogP contribution < -0.4 is 10.1 Å². The van der Waals surface area contributed by atoms with E-state index in [0.29, 0.717) is 5.92 Å². The first-order valence-electron chi connectivity index (χ1n) is 10.8. The molecule has 0 bridgehead atoms. The van der Waals surface area contributed by atoms with Crippen molar-refractivity contribution in [3.05, 3.63) is 78.0 Å². The van der Waals surface area contributed by atoms with Gasteiger partial charge in [-0.3, -0.25) is 14.7 Å². The lowest BCUT2D eigenvalue weighted by Crippen LogP contribution is -2.34. The van der Waals surface area contributed by atoms with Crippen molar-refractivity contribution in [2.75, 3.05) is 25.5 Å². The first-order valence-corrected chi connectivity index (χ1v) is 10.8. The summed E-state index contributed by atoms with van der Waals surface area (Å²) in [7, 11) is 1.68. The van der Waals surface area contributed by atoms with Gasteiger partial charge in [0.1, 0.15) is 5.75 Å². The molecule has 0 radical (unpaired) electrons. The summed E-state index contributed by atoms with van der Waals surface area (Å²) >= 11 is 0. The summed E-state index contributed by atoms with van der Waals surface area (Å²) in [6.07, 6.45) is 2.33. The quantitative estimate of drug-likeness (QED) is 0.609. The SMILES string of the molecule is COc1ccc(-c2cccc([C@@H]3CCCN(Cc4ccc(NC(C)=O)cc4)C3)n2)cc1. The maximum atomic E-state index is 11.2. The number of rotatable bonds is 6. The van der Waals surface area contributed by atoms with E-state index < -0.39 is 0 Å². The number of carbonyl (C=O) groups is 1. The van der Waals surface area contributed by atoms with Crippen LogP contribution in [0.25, 0.3) is 11.3 Å². The first-order chi connectivity index (χ1) is 15.1. The molecule has 2 heterocycles. The van der Waals surface area contributed by atoms with Crippen molar-refractivity contribution in [2.45, 2.75) is 32.2 Å². The molecule has 1 N–H and O–H groups in total.